The second-order valence-corrected chi connectivity index (χ2v) is 16.0. The Morgan fingerprint density at radius 1 is 1.09 bits per heavy atom. The van der Waals surface area contributed by atoms with Gasteiger partial charge in [-0.1, -0.05) is 32.9 Å². The van der Waals surface area contributed by atoms with Crippen molar-refractivity contribution < 1.29 is 13.6 Å². The minimum atomic E-state index is -1.72. The van der Waals surface area contributed by atoms with Gasteiger partial charge in [0.05, 0.1) is 6.20 Å². The molecule has 0 saturated heterocycles. The number of aryl methyl sites for hydroxylation is 1. The standard InChI is InChI=1S/C27H37N3O3Si/c1-18-28-16-24(33-18)21-11-12-22-15-29-25(14-23(22)13-21)30-26(31)20-9-7-19(8-10-20)17-32-34(5,6)27(2,3)4/h11-16,19-20H,7-10,17H2,1-6H3,(H,29,30,31). The third-order valence-corrected chi connectivity index (χ3v) is 12.1. The summed E-state index contributed by atoms with van der Waals surface area (Å²) in [7, 11) is -1.72. The van der Waals surface area contributed by atoms with Gasteiger partial charge in [-0.3, -0.25) is 4.79 Å². The maximum Gasteiger partial charge on any atom is 0.228 e. The Labute approximate surface area is 203 Å². The van der Waals surface area contributed by atoms with E-state index < -0.39 is 8.32 Å². The van der Waals surface area contributed by atoms with Crippen LogP contribution in [0, 0.1) is 18.8 Å². The summed E-state index contributed by atoms with van der Waals surface area (Å²) >= 11 is 0. The van der Waals surface area contributed by atoms with E-state index in [4.69, 9.17) is 8.84 Å². The van der Waals surface area contributed by atoms with E-state index in [1.807, 2.05) is 31.2 Å². The topological polar surface area (TPSA) is 77.2 Å². The van der Waals surface area contributed by atoms with Crippen LogP contribution in [0.3, 0.4) is 0 Å². The molecule has 1 aliphatic rings. The van der Waals surface area contributed by atoms with Gasteiger partial charge in [0.25, 0.3) is 0 Å². The molecule has 1 saturated carbocycles. The number of carbonyl (C=O) groups is 1. The Morgan fingerprint density at radius 3 is 2.47 bits per heavy atom. The van der Waals surface area contributed by atoms with Crippen molar-refractivity contribution in [3.05, 3.63) is 42.5 Å². The van der Waals surface area contributed by atoms with Gasteiger partial charge in [-0.2, -0.15) is 0 Å². The first-order valence-corrected chi connectivity index (χ1v) is 15.2. The molecule has 1 N–H and O–H groups in total. The molecule has 2 aromatic heterocycles. The van der Waals surface area contributed by atoms with Gasteiger partial charge in [0.15, 0.2) is 20.0 Å². The first kappa shape index (κ1) is 24.6. The largest absolute Gasteiger partial charge is 0.441 e. The van der Waals surface area contributed by atoms with Crippen molar-refractivity contribution in [2.24, 2.45) is 11.8 Å². The molecule has 1 fully saturated rings. The van der Waals surface area contributed by atoms with Gasteiger partial charge >= 0.3 is 0 Å². The molecular formula is C27H37N3O3Si. The van der Waals surface area contributed by atoms with Crippen LogP contribution in [0.4, 0.5) is 5.82 Å². The van der Waals surface area contributed by atoms with Crippen molar-refractivity contribution >= 4 is 30.8 Å². The van der Waals surface area contributed by atoms with Crippen LogP contribution in [0.5, 0.6) is 0 Å². The predicted molar refractivity (Wildman–Crippen MR) is 139 cm³/mol. The van der Waals surface area contributed by atoms with Crippen molar-refractivity contribution in [3.63, 3.8) is 0 Å². The van der Waals surface area contributed by atoms with Crippen molar-refractivity contribution in [1.29, 1.82) is 0 Å². The molecule has 34 heavy (non-hydrogen) atoms. The smallest absolute Gasteiger partial charge is 0.228 e. The second kappa shape index (κ2) is 9.62. The van der Waals surface area contributed by atoms with E-state index in [2.05, 4.69) is 49.1 Å². The third-order valence-electron chi connectivity index (χ3n) is 7.58. The average molecular weight is 480 g/mol. The highest BCUT2D eigenvalue weighted by molar-refractivity contribution is 6.74. The maximum atomic E-state index is 13.0. The number of fused-ring (bicyclic) bond motifs is 1. The summed E-state index contributed by atoms with van der Waals surface area (Å²) in [4.78, 5) is 21.6. The average Bonchev–Trinajstić information content (AvgIpc) is 3.23. The molecule has 1 aliphatic carbocycles. The van der Waals surface area contributed by atoms with Crippen LogP contribution in [-0.4, -0.2) is 30.8 Å². The number of aromatic nitrogens is 2. The molecule has 0 unspecified atom stereocenters. The highest BCUT2D eigenvalue weighted by Crippen LogP contribution is 2.38. The highest BCUT2D eigenvalue weighted by Gasteiger charge is 2.38. The van der Waals surface area contributed by atoms with Crippen LogP contribution in [-0.2, 0) is 9.22 Å². The Morgan fingerprint density at radius 2 is 1.82 bits per heavy atom. The van der Waals surface area contributed by atoms with Crippen molar-refractivity contribution in [2.45, 2.75) is 71.5 Å². The molecule has 0 atom stereocenters. The van der Waals surface area contributed by atoms with E-state index in [0.717, 1.165) is 54.4 Å². The van der Waals surface area contributed by atoms with Crippen molar-refractivity contribution in [2.75, 3.05) is 11.9 Å². The van der Waals surface area contributed by atoms with E-state index in [1.54, 1.807) is 12.4 Å². The molecule has 1 amide bonds. The van der Waals surface area contributed by atoms with Crippen LogP contribution < -0.4 is 5.32 Å². The number of benzene rings is 1. The summed E-state index contributed by atoms with van der Waals surface area (Å²) in [5, 5.41) is 5.29. The number of nitrogens with one attached hydrogen (secondary N) is 1. The van der Waals surface area contributed by atoms with Gasteiger partial charge in [0, 0.05) is 36.6 Å². The SMILES string of the molecule is Cc1ncc(-c2ccc3cnc(NC(=O)C4CCC(CO[Si](C)(C)C(C)(C)C)CC4)cc3c2)o1. The van der Waals surface area contributed by atoms with Crippen LogP contribution in [0.1, 0.15) is 52.3 Å². The first-order chi connectivity index (χ1) is 16.0. The summed E-state index contributed by atoms with van der Waals surface area (Å²) in [5.74, 6) is 2.61. The van der Waals surface area contributed by atoms with Gasteiger partial charge in [-0.25, -0.2) is 9.97 Å². The molecule has 0 radical (unpaired) electrons. The molecule has 7 heteroatoms. The third kappa shape index (κ3) is 5.58. The lowest BCUT2D eigenvalue weighted by molar-refractivity contribution is -0.121. The molecule has 4 rings (SSSR count). The number of carbonyl (C=O) groups excluding carboxylic acids is 1. The number of anilines is 1. The fourth-order valence-corrected chi connectivity index (χ4v) is 5.31. The zero-order valence-corrected chi connectivity index (χ0v) is 22.3. The van der Waals surface area contributed by atoms with Gasteiger partial charge in [0.2, 0.25) is 5.91 Å². The van der Waals surface area contributed by atoms with Gasteiger partial charge in [-0.05, 0) is 67.3 Å². The number of hydrogen-bond donors (Lipinski definition) is 1. The van der Waals surface area contributed by atoms with E-state index in [1.165, 1.54) is 0 Å². The quantitative estimate of drug-likeness (QED) is 0.386. The minimum absolute atomic E-state index is 0.0325. The zero-order chi connectivity index (χ0) is 24.5. The van der Waals surface area contributed by atoms with Crippen LogP contribution >= 0.6 is 0 Å². The van der Waals surface area contributed by atoms with E-state index in [-0.39, 0.29) is 16.9 Å². The summed E-state index contributed by atoms with van der Waals surface area (Å²) < 4.78 is 12.1. The molecule has 1 aromatic carbocycles. The molecular weight excluding hydrogens is 442 g/mol. The number of nitrogens with zero attached hydrogens (tertiary/aromatic N) is 2. The van der Waals surface area contributed by atoms with E-state index in [9.17, 15) is 4.79 Å². The monoisotopic (exact) mass is 479 g/mol. The molecule has 6 nitrogen and oxygen atoms in total. The summed E-state index contributed by atoms with van der Waals surface area (Å²) in [6.45, 7) is 14.1. The van der Waals surface area contributed by atoms with Crippen LogP contribution in [0.15, 0.2) is 41.1 Å². The number of rotatable bonds is 6. The maximum absolute atomic E-state index is 13.0. The van der Waals surface area contributed by atoms with Gasteiger partial charge in [-0.15, -0.1) is 0 Å². The van der Waals surface area contributed by atoms with E-state index in [0.29, 0.717) is 17.6 Å². The lowest BCUT2D eigenvalue weighted by Crippen LogP contribution is -2.42. The summed E-state index contributed by atoms with van der Waals surface area (Å²) in [6.07, 6.45) is 7.42. The Kier molecular flexibility index (Phi) is 6.96. The summed E-state index contributed by atoms with van der Waals surface area (Å²) in [5.41, 5.74) is 0.954. The number of pyridine rings is 1. The molecule has 3 aromatic rings. The Hall–Kier alpha value is -2.51. The van der Waals surface area contributed by atoms with Gasteiger partial charge < -0.3 is 14.2 Å². The Bertz CT molecular complexity index is 1160. The fourth-order valence-electron chi connectivity index (χ4n) is 4.22. The Balaban J connectivity index is 1.34. The van der Waals surface area contributed by atoms with E-state index >= 15 is 0 Å². The van der Waals surface area contributed by atoms with Gasteiger partial charge in [0.1, 0.15) is 5.82 Å². The van der Waals surface area contributed by atoms with Crippen LogP contribution in [0.2, 0.25) is 18.1 Å². The molecule has 0 spiro atoms. The number of amides is 1. The van der Waals surface area contributed by atoms with Crippen molar-refractivity contribution in [1.82, 2.24) is 9.97 Å². The van der Waals surface area contributed by atoms with Crippen molar-refractivity contribution in [3.8, 4) is 11.3 Å². The summed E-state index contributed by atoms with van der Waals surface area (Å²) in [6, 6.07) is 7.97. The molecule has 0 bridgehead atoms. The number of oxazole rings is 1. The normalized spacial score (nSPS) is 19.4. The number of hydrogen-bond acceptors (Lipinski definition) is 5. The fraction of sp³-hybridized carbons (Fsp3) is 0.519. The lowest BCUT2D eigenvalue weighted by atomic mass is 9.82. The minimum Gasteiger partial charge on any atom is -0.441 e. The molecule has 182 valence electrons. The lowest BCUT2D eigenvalue weighted by Gasteiger charge is -2.38. The van der Waals surface area contributed by atoms with Crippen LogP contribution in [0.25, 0.3) is 22.1 Å². The molecule has 0 aliphatic heterocycles. The first-order valence-electron chi connectivity index (χ1n) is 12.3. The molecule has 2 heterocycles. The predicted octanol–water partition coefficient (Wildman–Crippen LogP) is 6.96. The zero-order valence-electron chi connectivity index (χ0n) is 21.3. The highest BCUT2D eigenvalue weighted by atomic mass is 28.4. The second-order valence-electron chi connectivity index (χ2n) is 11.2.